The molecule has 1 aromatic rings. The third-order valence-electron chi connectivity index (χ3n) is 3.93. The first-order valence-corrected chi connectivity index (χ1v) is 6.90. The van der Waals surface area contributed by atoms with Crippen LogP contribution in [0.15, 0.2) is 12.1 Å². The van der Waals surface area contributed by atoms with Gasteiger partial charge < -0.3 is 5.32 Å². The van der Waals surface area contributed by atoms with Gasteiger partial charge in [0.25, 0.3) is 0 Å². The lowest BCUT2D eigenvalue weighted by molar-refractivity contribution is 0.0716. The molecular weight excluding hydrogens is 267 g/mol. The Morgan fingerprint density at radius 1 is 1.30 bits per heavy atom. The summed E-state index contributed by atoms with van der Waals surface area (Å²) >= 11 is 0. The summed E-state index contributed by atoms with van der Waals surface area (Å²) in [5.41, 5.74) is -0.720. The molecule has 2 nitrogen and oxygen atoms in total. The quantitative estimate of drug-likeness (QED) is 0.678. The summed E-state index contributed by atoms with van der Waals surface area (Å²) in [5, 5.41) is 3.17. The van der Waals surface area contributed by atoms with Crippen molar-refractivity contribution in [3.05, 3.63) is 35.1 Å². The van der Waals surface area contributed by atoms with Crippen LogP contribution in [0.4, 0.5) is 13.2 Å². The van der Waals surface area contributed by atoms with E-state index in [0.717, 1.165) is 31.5 Å². The van der Waals surface area contributed by atoms with E-state index in [1.807, 2.05) is 6.92 Å². The third-order valence-corrected chi connectivity index (χ3v) is 3.93. The summed E-state index contributed by atoms with van der Waals surface area (Å²) in [6.45, 7) is 3.31. The van der Waals surface area contributed by atoms with Crippen molar-refractivity contribution in [2.45, 2.75) is 32.6 Å². The minimum Gasteiger partial charge on any atom is -0.316 e. The number of nitrogens with one attached hydrogen (secondary N) is 1. The van der Waals surface area contributed by atoms with E-state index in [-0.39, 0.29) is 11.3 Å². The van der Waals surface area contributed by atoms with E-state index in [0.29, 0.717) is 19.4 Å². The molecule has 1 saturated heterocycles. The van der Waals surface area contributed by atoms with Crippen LogP contribution < -0.4 is 5.32 Å². The van der Waals surface area contributed by atoms with Gasteiger partial charge in [-0.05, 0) is 37.9 Å². The van der Waals surface area contributed by atoms with Crippen LogP contribution in [0.3, 0.4) is 0 Å². The zero-order chi connectivity index (χ0) is 14.8. The lowest BCUT2D eigenvalue weighted by Crippen LogP contribution is -2.45. The number of carbonyl (C=O) groups excluding carboxylic acids is 1. The fourth-order valence-electron chi connectivity index (χ4n) is 2.96. The number of halogens is 3. The van der Waals surface area contributed by atoms with Gasteiger partial charge in [-0.2, -0.15) is 0 Å². The normalized spacial score (nSPS) is 22.8. The van der Waals surface area contributed by atoms with Gasteiger partial charge in [0.2, 0.25) is 0 Å². The number of rotatable bonds is 4. The van der Waals surface area contributed by atoms with E-state index in [4.69, 9.17) is 0 Å². The first-order chi connectivity index (χ1) is 9.50. The molecular formula is C15H18F3NO. The highest BCUT2D eigenvalue weighted by atomic mass is 19.2. The zero-order valence-electron chi connectivity index (χ0n) is 11.4. The molecule has 1 aliphatic heterocycles. The van der Waals surface area contributed by atoms with Crippen molar-refractivity contribution in [3.8, 4) is 0 Å². The highest BCUT2D eigenvalue weighted by molar-refractivity contribution is 6.00. The fraction of sp³-hybridized carbons (Fsp3) is 0.533. The van der Waals surface area contributed by atoms with Crippen LogP contribution in [0.5, 0.6) is 0 Å². The monoisotopic (exact) mass is 285 g/mol. The molecule has 0 aliphatic carbocycles. The molecule has 110 valence electrons. The van der Waals surface area contributed by atoms with Crippen molar-refractivity contribution in [1.82, 2.24) is 5.32 Å². The third kappa shape index (κ3) is 2.73. The highest BCUT2D eigenvalue weighted by Gasteiger charge is 2.39. The summed E-state index contributed by atoms with van der Waals surface area (Å²) in [6, 6.07) is 1.60. The van der Waals surface area contributed by atoms with Gasteiger partial charge in [0.05, 0.1) is 0 Å². The number of carbonyl (C=O) groups is 1. The summed E-state index contributed by atoms with van der Waals surface area (Å²) in [6.07, 6.45) is 2.99. The van der Waals surface area contributed by atoms with Gasteiger partial charge in [-0.1, -0.05) is 13.3 Å². The van der Waals surface area contributed by atoms with Crippen LogP contribution in [-0.2, 0) is 0 Å². The molecule has 1 N–H and O–H groups in total. The van der Waals surface area contributed by atoms with Gasteiger partial charge in [-0.15, -0.1) is 0 Å². The second-order valence-electron chi connectivity index (χ2n) is 5.39. The van der Waals surface area contributed by atoms with Crippen LogP contribution in [0.1, 0.15) is 43.0 Å². The molecule has 20 heavy (non-hydrogen) atoms. The average molecular weight is 285 g/mol. The van der Waals surface area contributed by atoms with Gasteiger partial charge >= 0.3 is 0 Å². The molecule has 1 heterocycles. The molecule has 0 amide bonds. The van der Waals surface area contributed by atoms with Crippen molar-refractivity contribution in [3.63, 3.8) is 0 Å². The number of Topliss-reactive ketones (excluding diaryl/α,β-unsaturated/α-hetero) is 1. The Balaban J connectivity index is 2.37. The summed E-state index contributed by atoms with van der Waals surface area (Å²) in [4.78, 5) is 12.6. The number of ketones is 1. The lowest BCUT2D eigenvalue weighted by Gasteiger charge is -2.36. The molecule has 0 spiro atoms. The van der Waals surface area contributed by atoms with Crippen LogP contribution in [0.2, 0.25) is 0 Å². The van der Waals surface area contributed by atoms with Gasteiger partial charge in [-0.3, -0.25) is 4.79 Å². The van der Waals surface area contributed by atoms with Crippen LogP contribution in [0.25, 0.3) is 0 Å². The first-order valence-electron chi connectivity index (χ1n) is 6.90. The average Bonchev–Trinajstić information content (AvgIpc) is 2.44. The second kappa shape index (κ2) is 5.95. The molecule has 0 saturated carbocycles. The Bertz CT molecular complexity index is 481. The van der Waals surface area contributed by atoms with Crippen LogP contribution in [-0.4, -0.2) is 18.9 Å². The van der Waals surface area contributed by atoms with Crippen molar-refractivity contribution >= 4 is 5.78 Å². The van der Waals surface area contributed by atoms with Crippen molar-refractivity contribution in [2.24, 2.45) is 5.41 Å². The zero-order valence-corrected chi connectivity index (χ0v) is 11.4. The maximum absolute atomic E-state index is 13.3. The maximum atomic E-state index is 13.3. The molecule has 2 rings (SSSR count). The van der Waals surface area contributed by atoms with E-state index in [2.05, 4.69) is 5.32 Å². The topological polar surface area (TPSA) is 29.1 Å². The smallest absolute Gasteiger partial charge is 0.194 e. The standard InChI is InChI=1S/C15H18F3NO/c1-2-4-15(5-3-6-19-9-15)14(20)10-7-11(16)13(18)12(17)8-10/h7-8,19H,2-6,9H2,1H3. The van der Waals surface area contributed by atoms with Crippen LogP contribution >= 0.6 is 0 Å². The molecule has 1 atom stereocenters. The predicted octanol–water partition coefficient (Wildman–Crippen LogP) is 3.46. The molecule has 1 aromatic carbocycles. The Morgan fingerprint density at radius 3 is 2.45 bits per heavy atom. The fourth-order valence-corrected chi connectivity index (χ4v) is 2.96. The first kappa shape index (κ1) is 15.0. The van der Waals surface area contributed by atoms with E-state index in [9.17, 15) is 18.0 Å². The summed E-state index contributed by atoms with van der Waals surface area (Å²) in [7, 11) is 0. The van der Waals surface area contributed by atoms with E-state index >= 15 is 0 Å². The number of hydrogen-bond acceptors (Lipinski definition) is 2. The molecule has 0 bridgehead atoms. The minimum atomic E-state index is -1.53. The van der Waals surface area contributed by atoms with E-state index < -0.39 is 22.9 Å². The summed E-state index contributed by atoms with van der Waals surface area (Å²) in [5.74, 6) is -4.47. The summed E-state index contributed by atoms with van der Waals surface area (Å²) < 4.78 is 39.6. The molecule has 5 heteroatoms. The molecule has 1 aliphatic rings. The SMILES string of the molecule is CCCC1(C(=O)c2cc(F)c(F)c(F)c2)CCCNC1. The maximum Gasteiger partial charge on any atom is 0.194 e. The minimum absolute atomic E-state index is 0.0847. The molecule has 0 aromatic heterocycles. The molecule has 1 fully saturated rings. The highest BCUT2D eigenvalue weighted by Crippen LogP contribution is 2.35. The predicted molar refractivity (Wildman–Crippen MR) is 70.1 cm³/mol. The molecule has 1 unspecified atom stereocenters. The van der Waals surface area contributed by atoms with Crippen molar-refractivity contribution < 1.29 is 18.0 Å². The van der Waals surface area contributed by atoms with Crippen molar-refractivity contribution in [1.29, 1.82) is 0 Å². The van der Waals surface area contributed by atoms with Gasteiger partial charge in [0.1, 0.15) is 0 Å². The van der Waals surface area contributed by atoms with E-state index in [1.54, 1.807) is 0 Å². The Kier molecular flexibility index (Phi) is 4.48. The Labute approximate surface area is 116 Å². The Morgan fingerprint density at radius 2 is 1.95 bits per heavy atom. The van der Waals surface area contributed by atoms with E-state index in [1.165, 1.54) is 0 Å². The number of hydrogen-bond donors (Lipinski definition) is 1. The van der Waals surface area contributed by atoms with Crippen LogP contribution in [0, 0.1) is 22.9 Å². The number of benzene rings is 1. The lowest BCUT2D eigenvalue weighted by atomic mass is 9.71. The van der Waals surface area contributed by atoms with Gasteiger partial charge in [0.15, 0.2) is 23.2 Å². The molecule has 0 radical (unpaired) electrons. The van der Waals surface area contributed by atoms with Gasteiger partial charge in [0, 0.05) is 17.5 Å². The Hall–Kier alpha value is -1.36. The van der Waals surface area contributed by atoms with Crippen molar-refractivity contribution in [2.75, 3.05) is 13.1 Å². The van der Waals surface area contributed by atoms with Gasteiger partial charge in [-0.25, -0.2) is 13.2 Å². The second-order valence-corrected chi connectivity index (χ2v) is 5.39. The largest absolute Gasteiger partial charge is 0.316 e. The number of piperidine rings is 1.